The van der Waals surface area contributed by atoms with Crippen LogP contribution in [0.15, 0.2) is 0 Å². The van der Waals surface area contributed by atoms with Crippen molar-refractivity contribution in [1.82, 2.24) is 5.32 Å². The Labute approximate surface area is 99.6 Å². The van der Waals surface area contributed by atoms with Crippen molar-refractivity contribution in [3.8, 4) is 0 Å². The maximum atomic E-state index is 11.6. The molecule has 0 atom stereocenters. The average Bonchev–Trinajstić information content (AvgIpc) is 2.13. The van der Waals surface area contributed by atoms with Crippen LogP contribution in [0.1, 0.15) is 47.0 Å². The van der Waals surface area contributed by atoms with Gasteiger partial charge in [0.25, 0.3) is 0 Å². The van der Waals surface area contributed by atoms with Crippen molar-refractivity contribution in [3.63, 3.8) is 0 Å². The molecule has 0 unspecified atom stereocenters. The molecule has 3 nitrogen and oxygen atoms in total. The summed E-state index contributed by atoms with van der Waals surface area (Å²) in [7, 11) is 0. The third-order valence-corrected chi connectivity index (χ3v) is 2.62. The van der Waals surface area contributed by atoms with E-state index in [2.05, 4.69) is 19.2 Å². The van der Waals surface area contributed by atoms with Crippen molar-refractivity contribution < 1.29 is 4.79 Å². The minimum atomic E-state index is -0.275. The molecule has 0 radical (unpaired) electrons. The maximum Gasteiger partial charge on any atom is 0.220 e. The molecule has 0 aliphatic rings. The molecule has 0 aliphatic carbocycles. The number of nitrogens with one attached hydrogen (secondary N) is 1. The summed E-state index contributed by atoms with van der Waals surface area (Å²) in [5, 5.41) is 2.94. The molecule has 0 saturated carbocycles. The number of carbonyl (C=O) groups is 1. The Morgan fingerprint density at radius 2 is 1.80 bits per heavy atom. The fourth-order valence-electron chi connectivity index (χ4n) is 1.32. The first-order valence-corrected chi connectivity index (χ1v) is 5.46. The summed E-state index contributed by atoms with van der Waals surface area (Å²) in [5.74, 6) is 0.623. The molecular formula is C11H25ClN2O. The summed E-state index contributed by atoms with van der Waals surface area (Å²) in [6.45, 7) is 8.60. The van der Waals surface area contributed by atoms with E-state index in [1.54, 1.807) is 0 Å². The van der Waals surface area contributed by atoms with Crippen LogP contribution in [0.3, 0.4) is 0 Å². The first-order chi connectivity index (χ1) is 6.45. The summed E-state index contributed by atoms with van der Waals surface area (Å²) < 4.78 is 0. The lowest BCUT2D eigenvalue weighted by Crippen LogP contribution is -2.49. The summed E-state index contributed by atoms with van der Waals surface area (Å²) in [6, 6.07) is 0. The van der Waals surface area contributed by atoms with Crippen LogP contribution in [0.2, 0.25) is 0 Å². The van der Waals surface area contributed by atoms with Crippen LogP contribution in [0, 0.1) is 5.92 Å². The summed E-state index contributed by atoms with van der Waals surface area (Å²) in [4.78, 5) is 11.6. The molecule has 3 N–H and O–H groups in total. The van der Waals surface area contributed by atoms with Crippen molar-refractivity contribution in [1.29, 1.82) is 0 Å². The predicted octanol–water partition coefficient (Wildman–Crippen LogP) is 2.09. The van der Waals surface area contributed by atoms with Gasteiger partial charge in [0.2, 0.25) is 5.91 Å². The molecule has 0 spiro atoms. The zero-order valence-corrected chi connectivity index (χ0v) is 11.1. The molecule has 0 rings (SSSR count). The summed E-state index contributed by atoms with van der Waals surface area (Å²) >= 11 is 0. The zero-order valence-electron chi connectivity index (χ0n) is 10.3. The van der Waals surface area contributed by atoms with E-state index >= 15 is 0 Å². The highest BCUT2D eigenvalue weighted by molar-refractivity contribution is 5.85. The third-order valence-electron chi connectivity index (χ3n) is 2.62. The van der Waals surface area contributed by atoms with Crippen molar-refractivity contribution in [2.45, 2.75) is 52.5 Å². The number of nitrogens with two attached hydrogens (primary N) is 1. The van der Waals surface area contributed by atoms with Gasteiger partial charge in [-0.15, -0.1) is 12.4 Å². The largest absolute Gasteiger partial charge is 0.350 e. The number of halogens is 1. The summed E-state index contributed by atoms with van der Waals surface area (Å²) in [6.07, 6.45) is 2.75. The van der Waals surface area contributed by atoms with Gasteiger partial charge in [0.1, 0.15) is 0 Å². The van der Waals surface area contributed by atoms with Crippen molar-refractivity contribution in [2.24, 2.45) is 11.7 Å². The van der Waals surface area contributed by atoms with Crippen molar-refractivity contribution in [2.75, 3.05) is 6.54 Å². The lowest BCUT2D eigenvalue weighted by molar-refractivity contribution is -0.123. The van der Waals surface area contributed by atoms with E-state index in [1.807, 2.05) is 13.8 Å². The van der Waals surface area contributed by atoms with Gasteiger partial charge in [-0.2, -0.15) is 0 Å². The first kappa shape index (κ1) is 17.1. The second-order valence-corrected chi connectivity index (χ2v) is 4.52. The lowest BCUT2D eigenvalue weighted by Gasteiger charge is -2.25. The van der Waals surface area contributed by atoms with E-state index in [9.17, 15) is 4.79 Å². The number of rotatable bonds is 6. The molecule has 0 saturated heterocycles. The fraction of sp³-hybridized carbons (Fsp3) is 0.909. The predicted molar refractivity (Wildman–Crippen MR) is 67.2 cm³/mol. The molecule has 0 aliphatic heterocycles. The molecule has 4 heteroatoms. The van der Waals surface area contributed by atoms with E-state index in [1.165, 1.54) is 0 Å². The summed E-state index contributed by atoms with van der Waals surface area (Å²) in [5.41, 5.74) is 5.26. The number of carbonyl (C=O) groups excluding carboxylic acids is 1. The minimum absolute atomic E-state index is 0. The number of hydrogen-bond donors (Lipinski definition) is 2. The van der Waals surface area contributed by atoms with Crippen molar-refractivity contribution in [3.05, 3.63) is 0 Å². The Balaban J connectivity index is 0. The monoisotopic (exact) mass is 236 g/mol. The van der Waals surface area contributed by atoms with E-state index in [-0.39, 0.29) is 23.9 Å². The van der Waals surface area contributed by atoms with E-state index in [0.717, 1.165) is 12.8 Å². The van der Waals surface area contributed by atoms with Gasteiger partial charge in [-0.05, 0) is 19.8 Å². The highest BCUT2D eigenvalue weighted by Crippen LogP contribution is 2.12. The average molecular weight is 237 g/mol. The van der Waals surface area contributed by atoms with Crippen LogP contribution in [-0.2, 0) is 4.79 Å². The van der Waals surface area contributed by atoms with Crippen LogP contribution >= 0.6 is 12.4 Å². The molecular weight excluding hydrogens is 212 g/mol. The molecule has 0 fully saturated rings. The Bertz CT molecular complexity index is 179. The lowest BCUT2D eigenvalue weighted by atomic mass is 9.98. The van der Waals surface area contributed by atoms with E-state index in [0.29, 0.717) is 18.9 Å². The second-order valence-electron chi connectivity index (χ2n) is 4.52. The zero-order chi connectivity index (χ0) is 11.2. The highest BCUT2D eigenvalue weighted by Gasteiger charge is 2.19. The number of amides is 1. The Morgan fingerprint density at radius 3 is 2.13 bits per heavy atom. The van der Waals surface area contributed by atoms with Crippen LogP contribution in [0.5, 0.6) is 0 Å². The molecule has 1 amide bonds. The standard InChI is InChI=1S/C11H24N2O.ClH/c1-5-9(6-2)7-10(14)13-11(3,4)8-12;/h9H,5-8,12H2,1-4H3,(H,13,14);1H. The topological polar surface area (TPSA) is 55.1 Å². The van der Waals surface area contributed by atoms with Gasteiger partial charge < -0.3 is 11.1 Å². The molecule has 0 heterocycles. The molecule has 0 aromatic heterocycles. The molecule has 0 bridgehead atoms. The fourth-order valence-corrected chi connectivity index (χ4v) is 1.32. The smallest absolute Gasteiger partial charge is 0.220 e. The van der Waals surface area contributed by atoms with Crippen LogP contribution in [-0.4, -0.2) is 18.0 Å². The first-order valence-electron chi connectivity index (χ1n) is 5.46. The molecule has 92 valence electrons. The maximum absolute atomic E-state index is 11.6. The Kier molecular flexibility index (Phi) is 9.07. The third kappa shape index (κ3) is 7.63. The highest BCUT2D eigenvalue weighted by atomic mass is 35.5. The van der Waals surface area contributed by atoms with Crippen LogP contribution < -0.4 is 11.1 Å². The Hall–Kier alpha value is -0.280. The molecule has 0 aromatic rings. The number of hydrogen-bond acceptors (Lipinski definition) is 2. The SMILES string of the molecule is CCC(CC)CC(=O)NC(C)(C)CN.Cl. The molecule has 0 aromatic carbocycles. The van der Waals surface area contributed by atoms with Crippen molar-refractivity contribution >= 4 is 18.3 Å². The van der Waals surface area contributed by atoms with E-state index in [4.69, 9.17) is 5.73 Å². The van der Waals surface area contributed by atoms with Gasteiger partial charge in [0.15, 0.2) is 0 Å². The molecule has 15 heavy (non-hydrogen) atoms. The second kappa shape index (κ2) is 7.94. The van der Waals surface area contributed by atoms with Gasteiger partial charge >= 0.3 is 0 Å². The van der Waals surface area contributed by atoms with Gasteiger partial charge in [0.05, 0.1) is 0 Å². The van der Waals surface area contributed by atoms with Gasteiger partial charge in [-0.3, -0.25) is 4.79 Å². The van der Waals surface area contributed by atoms with Gasteiger partial charge in [-0.25, -0.2) is 0 Å². The van der Waals surface area contributed by atoms with Gasteiger partial charge in [0, 0.05) is 18.5 Å². The van der Waals surface area contributed by atoms with E-state index < -0.39 is 0 Å². The van der Waals surface area contributed by atoms with Gasteiger partial charge in [-0.1, -0.05) is 26.7 Å². The van der Waals surface area contributed by atoms with Crippen LogP contribution in [0.4, 0.5) is 0 Å². The van der Waals surface area contributed by atoms with Crippen LogP contribution in [0.25, 0.3) is 0 Å². The Morgan fingerprint density at radius 1 is 1.33 bits per heavy atom. The normalized spacial score (nSPS) is 11.1. The minimum Gasteiger partial charge on any atom is -0.350 e. The quantitative estimate of drug-likeness (QED) is 0.742.